The minimum absolute atomic E-state index is 0.0305. The van der Waals surface area contributed by atoms with Crippen LogP contribution < -0.4 is 10.4 Å². The van der Waals surface area contributed by atoms with Gasteiger partial charge in [0.25, 0.3) is 0 Å². The second-order valence-corrected chi connectivity index (χ2v) is 9.50. The van der Waals surface area contributed by atoms with Crippen molar-refractivity contribution in [2.24, 2.45) is 17.3 Å². The standard InChI is InChI=1S/C25H24O/c26-24-7-6-23-20-11-14-2-1-3-17(18(14)12-21(20)24)15-4-5-22-19(10-15)16-8-9-25(22,23)13-16/h1-3,11-12,15-16,21H,4-10,13H2. The van der Waals surface area contributed by atoms with Gasteiger partial charge in [0.1, 0.15) is 5.78 Å². The molecule has 0 radical (unpaired) electrons. The molecule has 1 fully saturated rings. The average Bonchev–Trinajstić information content (AvgIpc) is 3.24. The van der Waals surface area contributed by atoms with E-state index in [2.05, 4.69) is 30.4 Å². The summed E-state index contributed by atoms with van der Waals surface area (Å²) in [5, 5.41) is 2.75. The van der Waals surface area contributed by atoms with Gasteiger partial charge in [0.15, 0.2) is 0 Å². The second kappa shape index (κ2) is 4.50. The maximum absolute atomic E-state index is 12.9. The van der Waals surface area contributed by atoms with Gasteiger partial charge in [-0.05, 0) is 78.4 Å². The van der Waals surface area contributed by atoms with E-state index in [4.69, 9.17) is 0 Å². The molecule has 0 N–H and O–H groups in total. The van der Waals surface area contributed by atoms with Gasteiger partial charge in [0.05, 0.1) is 5.92 Å². The molecule has 130 valence electrons. The van der Waals surface area contributed by atoms with Crippen LogP contribution in [0.15, 0.2) is 40.5 Å². The van der Waals surface area contributed by atoms with Gasteiger partial charge in [-0.15, -0.1) is 0 Å². The first kappa shape index (κ1) is 14.2. The van der Waals surface area contributed by atoms with E-state index in [-0.39, 0.29) is 5.92 Å². The number of hydrogen-bond acceptors (Lipinski definition) is 1. The molecule has 1 nitrogen and oxygen atoms in total. The molecule has 1 saturated carbocycles. The Morgan fingerprint density at radius 1 is 1.00 bits per heavy atom. The summed E-state index contributed by atoms with van der Waals surface area (Å²) in [5.74, 6) is 1.98. The van der Waals surface area contributed by atoms with Gasteiger partial charge in [0, 0.05) is 11.8 Å². The lowest BCUT2D eigenvalue weighted by molar-refractivity contribution is -0.120. The van der Waals surface area contributed by atoms with Crippen LogP contribution in [0.1, 0.15) is 62.8 Å². The van der Waals surface area contributed by atoms with E-state index in [1.807, 2.05) is 11.1 Å². The van der Waals surface area contributed by atoms with Crippen LogP contribution in [0.2, 0.25) is 0 Å². The second-order valence-electron chi connectivity index (χ2n) is 9.50. The molecule has 9 aliphatic rings. The minimum Gasteiger partial charge on any atom is -0.299 e. The Balaban J connectivity index is 1.67. The van der Waals surface area contributed by atoms with Crippen LogP contribution in [0, 0.1) is 17.3 Å². The number of benzene rings is 1. The van der Waals surface area contributed by atoms with Gasteiger partial charge in [-0.25, -0.2) is 0 Å². The molecule has 0 aromatic heterocycles. The molecule has 0 heterocycles. The highest BCUT2D eigenvalue weighted by Gasteiger charge is 2.55. The van der Waals surface area contributed by atoms with Crippen molar-refractivity contribution >= 4 is 17.9 Å². The van der Waals surface area contributed by atoms with E-state index < -0.39 is 0 Å². The summed E-state index contributed by atoms with van der Waals surface area (Å²) in [4.78, 5) is 12.9. The number of ketones is 1. The van der Waals surface area contributed by atoms with Crippen molar-refractivity contribution in [2.75, 3.05) is 0 Å². The van der Waals surface area contributed by atoms with Gasteiger partial charge in [-0.2, -0.15) is 0 Å². The maximum Gasteiger partial charge on any atom is 0.144 e. The molecule has 0 aliphatic heterocycles. The van der Waals surface area contributed by atoms with Gasteiger partial charge in [-0.3, -0.25) is 4.79 Å². The fourth-order valence-electron chi connectivity index (χ4n) is 7.66. The Bertz CT molecular complexity index is 1080. The Labute approximate surface area is 154 Å². The molecular formula is C25H24O. The molecular weight excluding hydrogens is 316 g/mol. The molecule has 1 spiro atoms. The predicted molar refractivity (Wildman–Crippen MR) is 103 cm³/mol. The van der Waals surface area contributed by atoms with Crippen LogP contribution in [0.5, 0.6) is 0 Å². The highest BCUT2D eigenvalue weighted by molar-refractivity contribution is 5.95. The third kappa shape index (κ3) is 1.50. The lowest BCUT2D eigenvalue weighted by Crippen LogP contribution is -2.38. The lowest BCUT2D eigenvalue weighted by Gasteiger charge is -2.41. The molecule has 1 aromatic rings. The zero-order valence-electron chi connectivity index (χ0n) is 15.2. The van der Waals surface area contributed by atoms with Crippen LogP contribution in [-0.2, 0) is 4.79 Å². The molecule has 10 rings (SSSR count). The van der Waals surface area contributed by atoms with Crippen molar-refractivity contribution in [3.05, 3.63) is 56.5 Å². The summed E-state index contributed by atoms with van der Waals surface area (Å²) in [7, 11) is 0. The predicted octanol–water partition coefficient (Wildman–Crippen LogP) is 3.91. The smallest absolute Gasteiger partial charge is 0.144 e. The molecule has 11 bridgehead atoms. The Hall–Kier alpha value is -1.89. The molecule has 4 unspecified atom stereocenters. The highest BCUT2D eigenvalue weighted by Crippen LogP contribution is 2.67. The van der Waals surface area contributed by atoms with E-state index in [0.29, 0.717) is 17.1 Å². The summed E-state index contributed by atoms with van der Waals surface area (Å²) >= 11 is 0. The first-order valence-electron chi connectivity index (χ1n) is 10.6. The summed E-state index contributed by atoms with van der Waals surface area (Å²) < 4.78 is 0. The molecule has 26 heavy (non-hydrogen) atoms. The van der Waals surface area contributed by atoms with Crippen LogP contribution in [0.3, 0.4) is 0 Å². The van der Waals surface area contributed by atoms with Crippen molar-refractivity contribution in [1.29, 1.82) is 0 Å². The third-order valence-corrected chi connectivity index (χ3v) is 8.67. The van der Waals surface area contributed by atoms with E-state index in [0.717, 1.165) is 18.8 Å². The number of fused-ring (bicyclic) bond motifs is 1. The minimum atomic E-state index is 0.0305. The van der Waals surface area contributed by atoms with E-state index >= 15 is 0 Å². The zero-order valence-corrected chi connectivity index (χ0v) is 15.2. The largest absolute Gasteiger partial charge is 0.299 e. The summed E-state index contributed by atoms with van der Waals surface area (Å²) in [5.41, 5.74) is 8.58. The number of rotatable bonds is 0. The molecule has 4 atom stereocenters. The zero-order chi connectivity index (χ0) is 17.0. The topological polar surface area (TPSA) is 17.1 Å². The SMILES string of the molecule is O=C1CCC2=C3C=c4cccc(c4=CC13)C1CCC3=C(C1)C1CCC32C1. The fourth-order valence-corrected chi connectivity index (χ4v) is 7.66. The number of allylic oxidation sites excluding steroid dienone is 4. The summed E-state index contributed by atoms with van der Waals surface area (Å²) in [6.07, 6.45) is 14.5. The van der Waals surface area contributed by atoms with E-state index in [9.17, 15) is 4.79 Å². The van der Waals surface area contributed by atoms with Crippen molar-refractivity contribution in [1.82, 2.24) is 0 Å². The normalized spacial score (nSPS) is 38.5. The van der Waals surface area contributed by atoms with Crippen LogP contribution in [-0.4, -0.2) is 5.78 Å². The fraction of sp³-hybridized carbons (Fsp3) is 0.480. The van der Waals surface area contributed by atoms with Crippen LogP contribution in [0.25, 0.3) is 12.2 Å². The number of carbonyl (C=O) groups is 1. The molecule has 1 aromatic carbocycles. The average molecular weight is 340 g/mol. The van der Waals surface area contributed by atoms with Crippen molar-refractivity contribution in [3.8, 4) is 0 Å². The third-order valence-electron chi connectivity index (χ3n) is 8.67. The molecule has 0 amide bonds. The van der Waals surface area contributed by atoms with Gasteiger partial charge in [0.2, 0.25) is 0 Å². The first-order chi connectivity index (χ1) is 12.7. The molecule has 1 heteroatoms. The van der Waals surface area contributed by atoms with Crippen LogP contribution >= 0.6 is 0 Å². The van der Waals surface area contributed by atoms with Crippen molar-refractivity contribution < 1.29 is 4.79 Å². The van der Waals surface area contributed by atoms with Crippen LogP contribution in [0.4, 0.5) is 0 Å². The molecule has 9 aliphatic carbocycles. The van der Waals surface area contributed by atoms with E-state index in [1.165, 1.54) is 60.1 Å². The van der Waals surface area contributed by atoms with Gasteiger partial charge in [-0.1, -0.05) is 47.1 Å². The monoisotopic (exact) mass is 340 g/mol. The molecule has 0 saturated heterocycles. The number of carbonyl (C=O) groups excluding carboxylic acids is 1. The highest BCUT2D eigenvalue weighted by atomic mass is 16.1. The summed E-state index contributed by atoms with van der Waals surface area (Å²) in [6, 6.07) is 6.87. The Morgan fingerprint density at radius 3 is 2.92 bits per heavy atom. The Kier molecular flexibility index (Phi) is 2.46. The maximum atomic E-state index is 12.9. The van der Waals surface area contributed by atoms with Crippen molar-refractivity contribution in [3.63, 3.8) is 0 Å². The Morgan fingerprint density at radius 2 is 1.96 bits per heavy atom. The number of hydrogen-bond donors (Lipinski definition) is 0. The van der Waals surface area contributed by atoms with Gasteiger partial charge < -0.3 is 0 Å². The number of Topliss-reactive ketones (excluding diaryl/α,β-unsaturated/α-hetero) is 1. The van der Waals surface area contributed by atoms with Gasteiger partial charge >= 0.3 is 0 Å². The van der Waals surface area contributed by atoms with E-state index in [1.54, 1.807) is 5.57 Å². The lowest BCUT2D eigenvalue weighted by atomic mass is 9.63. The van der Waals surface area contributed by atoms with Crippen molar-refractivity contribution in [2.45, 2.75) is 57.3 Å². The first-order valence-corrected chi connectivity index (χ1v) is 10.6. The summed E-state index contributed by atoms with van der Waals surface area (Å²) in [6.45, 7) is 0. The quantitative estimate of drug-likeness (QED) is 0.654.